The highest BCUT2D eigenvalue weighted by molar-refractivity contribution is 6.38. The van der Waals surface area contributed by atoms with Gasteiger partial charge in [-0.05, 0) is 50.1 Å². The van der Waals surface area contributed by atoms with Crippen molar-refractivity contribution in [3.8, 4) is 5.75 Å². The number of nitrogens with zero attached hydrogens (tertiary/aromatic N) is 1. The molecule has 0 unspecified atom stereocenters. The van der Waals surface area contributed by atoms with Crippen LogP contribution in [0, 0.1) is 0 Å². The van der Waals surface area contributed by atoms with Crippen LogP contribution >= 0.6 is 23.2 Å². The van der Waals surface area contributed by atoms with E-state index in [1.807, 2.05) is 38.1 Å². The lowest BCUT2D eigenvalue weighted by molar-refractivity contribution is -0.256. The molecule has 0 atom stereocenters. The monoisotopic (exact) mass is 421 g/mol. The zero-order valence-electron chi connectivity index (χ0n) is 15.7. The van der Waals surface area contributed by atoms with Gasteiger partial charge in [-0.3, -0.25) is 4.79 Å². The molecule has 4 rings (SSSR count). The van der Waals surface area contributed by atoms with Crippen molar-refractivity contribution >= 4 is 34.8 Å². The molecule has 1 amide bonds. The fourth-order valence-electron chi connectivity index (χ4n) is 3.58. The van der Waals surface area contributed by atoms with E-state index in [1.165, 1.54) is 0 Å². The van der Waals surface area contributed by atoms with E-state index in [0.29, 0.717) is 41.1 Å². The van der Waals surface area contributed by atoms with E-state index in [9.17, 15) is 4.79 Å². The number of hydrogen-bond donors (Lipinski definition) is 0. The van der Waals surface area contributed by atoms with Crippen molar-refractivity contribution in [3.63, 3.8) is 0 Å². The van der Waals surface area contributed by atoms with Crippen LogP contribution in [0.15, 0.2) is 36.4 Å². The second-order valence-electron chi connectivity index (χ2n) is 7.12. The standard InChI is InChI=1S/C21H21Cl2NO4/c1-13(2)28-15-6-4-14(5-7-15)12-24-19-17(23)9-8-16(22)18(19)21(20(24)25)26-10-3-11-27-21/h4-9,13H,3,10-12H2,1-2H3. The van der Waals surface area contributed by atoms with Crippen LogP contribution < -0.4 is 9.64 Å². The summed E-state index contributed by atoms with van der Waals surface area (Å²) in [7, 11) is 0. The number of carbonyl (C=O) groups excluding carboxylic acids is 1. The lowest BCUT2D eigenvalue weighted by atomic mass is 10.1. The average molecular weight is 422 g/mol. The number of carbonyl (C=O) groups is 1. The molecular weight excluding hydrogens is 401 g/mol. The Bertz CT molecular complexity index is 892. The predicted molar refractivity (Wildman–Crippen MR) is 108 cm³/mol. The zero-order chi connectivity index (χ0) is 19.9. The van der Waals surface area contributed by atoms with Gasteiger partial charge in [0.2, 0.25) is 0 Å². The molecular formula is C21H21Cl2NO4. The van der Waals surface area contributed by atoms with Crippen LogP contribution in [0.4, 0.5) is 5.69 Å². The highest BCUT2D eigenvalue weighted by Gasteiger charge is 2.56. The lowest BCUT2D eigenvalue weighted by Gasteiger charge is -2.32. The third-order valence-corrected chi connectivity index (χ3v) is 5.36. The molecule has 28 heavy (non-hydrogen) atoms. The molecule has 2 heterocycles. The SMILES string of the molecule is CC(C)Oc1ccc(CN2C(=O)C3(OCCCO3)c3c(Cl)ccc(Cl)c32)cc1. The molecule has 1 saturated heterocycles. The molecule has 0 radical (unpaired) electrons. The molecule has 1 fully saturated rings. The van der Waals surface area contributed by atoms with Gasteiger partial charge in [-0.15, -0.1) is 0 Å². The number of fused-ring (bicyclic) bond motifs is 2. The van der Waals surface area contributed by atoms with Gasteiger partial charge in [0.05, 0.1) is 47.2 Å². The molecule has 0 aliphatic carbocycles. The van der Waals surface area contributed by atoms with Crippen molar-refractivity contribution in [1.29, 1.82) is 0 Å². The summed E-state index contributed by atoms with van der Waals surface area (Å²) < 4.78 is 17.4. The molecule has 1 spiro atoms. The summed E-state index contributed by atoms with van der Waals surface area (Å²) in [5, 5.41) is 0.833. The van der Waals surface area contributed by atoms with Crippen LogP contribution in [0.5, 0.6) is 5.75 Å². The smallest absolute Gasteiger partial charge is 0.292 e. The van der Waals surface area contributed by atoms with Gasteiger partial charge in [-0.2, -0.15) is 0 Å². The summed E-state index contributed by atoms with van der Waals surface area (Å²) in [4.78, 5) is 15.0. The largest absolute Gasteiger partial charge is 0.491 e. The van der Waals surface area contributed by atoms with Crippen LogP contribution in [0.25, 0.3) is 0 Å². The summed E-state index contributed by atoms with van der Waals surface area (Å²) in [5.74, 6) is -1.04. The fourth-order valence-corrected chi connectivity index (χ4v) is 4.12. The number of anilines is 1. The number of ether oxygens (including phenoxy) is 3. The van der Waals surface area contributed by atoms with E-state index in [2.05, 4.69) is 0 Å². The van der Waals surface area contributed by atoms with Crippen molar-refractivity contribution in [2.45, 2.75) is 38.7 Å². The first-order valence-electron chi connectivity index (χ1n) is 9.26. The molecule has 2 aromatic rings. The Morgan fingerprint density at radius 3 is 2.36 bits per heavy atom. The average Bonchev–Trinajstić information content (AvgIpc) is 2.90. The Morgan fingerprint density at radius 1 is 1.07 bits per heavy atom. The summed E-state index contributed by atoms with van der Waals surface area (Å²) in [6, 6.07) is 11.0. The third-order valence-electron chi connectivity index (χ3n) is 4.74. The first kappa shape index (κ1) is 19.5. The second-order valence-corrected chi connectivity index (χ2v) is 7.94. The van der Waals surface area contributed by atoms with Gasteiger partial charge in [-0.25, -0.2) is 0 Å². The predicted octanol–water partition coefficient (Wildman–Crippen LogP) is 4.92. The molecule has 7 heteroatoms. The normalized spacial score (nSPS) is 18.0. The van der Waals surface area contributed by atoms with Gasteiger partial charge >= 0.3 is 0 Å². The van der Waals surface area contributed by atoms with Gasteiger partial charge in [0, 0.05) is 0 Å². The van der Waals surface area contributed by atoms with E-state index in [0.717, 1.165) is 17.7 Å². The van der Waals surface area contributed by atoms with E-state index in [4.69, 9.17) is 37.4 Å². The van der Waals surface area contributed by atoms with Crippen LogP contribution in [0.3, 0.4) is 0 Å². The summed E-state index contributed by atoms with van der Waals surface area (Å²) in [6.45, 7) is 5.11. The topological polar surface area (TPSA) is 48.0 Å². The minimum absolute atomic E-state index is 0.0966. The Morgan fingerprint density at radius 2 is 1.71 bits per heavy atom. The number of rotatable bonds is 4. The molecule has 2 aliphatic heterocycles. The first-order chi connectivity index (χ1) is 13.4. The minimum Gasteiger partial charge on any atom is -0.491 e. The van der Waals surface area contributed by atoms with Gasteiger partial charge in [-0.1, -0.05) is 35.3 Å². The number of amides is 1. The van der Waals surface area contributed by atoms with Crippen LogP contribution in [0.1, 0.15) is 31.4 Å². The maximum absolute atomic E-state index is 13.4. The minimum atomic E-state index is -1.52. The number of halogens is 2. The number of hydrogen-bond acceptors (Lipinski definition) is 4. The summed E-state index contributed by atoms with van der Waals surface area (Å²) in [6.07, 6.45) is 0.819. The quantitative estimate of drug-likeness (QED) is 0.702. The molecule has 2 aliphatic rings. The van der Waals surface area contributed by atoms with Gasteiger partial charge < -0.3 is 19.1 Å². The van der Waals surface area contributed by atoms with Crippen molar-refractivity contribution in [3.05, 3.63) is 57.6 Å². The fraction of sp³-hybridized carbons (Fsp3) is 0.381. The summed E-state index contributed by atoms with van der Waals surface area (Å²) >= 11 is 12.9. The second kappa shape index (κ2) is 7.56. The lowest BCUT2D eigenvalue weighted by Crippen LogP contribution is -2.47. The van der Waals surface area contributed by atoms with Gasteiger partial charge in [0.15, 0.2) is 0 Å². The van der Waals surface area contributed by atoms with Crippen LogP contribution in [-0.4, -0.2) is 25.2 Å². The highest BCUT2D eigenvalue weighted by atomic mass is 35.5. The number of benzene rings is 2. The Labute approximate surface area is 174 Å². The van der Waals surface area contributed by atoms with Crippen LogP contribution in [-0.2, 0) is 26.6 Å². The van der Waals surface area contributed by atoms with E-state index in [1.54, 1.807) is 17.0 Å². The highest BCUT2D eigenvalue weighted by Crippen LogP contribution is 2.51. The molecule has 148 valence electrons. The van der Waals surface area contributed by atoms with E-state index < -0.39 is 5.79 Å². The van der Waals surface area contributed by atoms with Crippen molar-refractivity contribution in [1.82, 2.24) is 0 Å². The van der Waals surface area contributed by atoms with E-state index in [-0.39, 0.29) is 12.0 Å². The first-order valence-corrected chi connectivity index (χ1v) is 10.0. The Hall–Kier alpha value is -1.79. The summed E-state index contributed by atoms with van der Waals surface area (Å²) in [5.41, 5.74) is 1.97. The third kappa shape index (κ3) is 3.26. The van der Waals surface area contributed by atoms with Gasteiger partial charge in [0.1, 0.15) is 5.75 Å². The molecule has 0 aromatic heterocycles. The van der Waals surface area contributed by atoms with E-state index >= 15 is 0 Å². The van der Waals surface area contributed by atoms with Crippen molar-refractivity contribution in [2.24, 2.45) is 0 Å². The molecule has 5 nitrogen and oxygen atoms in total. The molecule has 0 bridgehead atoms. The zero-order valence-corrected chi connectivity index (χ0v) is 17.2. The van der Waals surface area contributed by atoms with Crippen molar-refractivity contribution in [2.75, 3.05) is 18.1 Å². The van der Waals surface area contributed by atoms with Crippen molar-refractivity contribution < 1.29 is 19.0 Å². The molecule has 0 N–H and O–H groups in total. The Balaban J connectivity index is 1.70. The maximum atomic E-state index is 13.4. The molecule has 0 saturated carbocycles. The maximum Gasteiger partial charge on any atom is 0.292 e. The van der Waals surface area contributed by atoms with Crippen LogP contribution in [0.2, 0.25) is 10.0 Å². The van der Waals surface area contributed by atoms with Gasteiger partial charge in [0.25, 0.3) is 11.7 Å². The Kier molecular flexibility index (Phi) is 5.27. The molecule has 2 aromatic carbocycles.